The molecule has 0 saturated heterocycles. The van der Waals surface area contributed by atoms with Crippen molar-refractivity contribution in [1.82, 2.24) is 0 Å². The lowest BCUT2D eigenvalue weighted by atomic mass is 15.8. The van der Waals surface area contributed by atoms with Gasteiger partial charge in [0.25, 0.3) is 0 Å². The molecular weight excluding hydrogens is 554 g/mol. The van der Waals surface area contributed by atoms with Gasteiger partial charge in [-0.25, -0.2) is 0 Å². The van der Waals surface area contributed by atoms with E-state index in [-0.39, 0.29) is 0 Å². The molecule has 0 fully saturated rings. The number of hydrogen-bond acceptors (Lipinski definition) is 1. The Balaban J connectivity index is 0. The van der Waals surface area contributed by atoms with E-state index in [1.807, 2.05) is 0 Å². The van der Waals surface area contributed by atoms with Crippen molar-refractivity contribution in [2.24, 2.45) is 0 Å². The van der Waals surface area contributed by atoms with E-state index in [0.29, 0.717) is 0 Å². The van der Waals surface area contributed by atoms with Crippen molar-refractivity contribution >= 4 is 156 Å². The summed E-state index contributed by atoms with van der Waals surface area (Å²) in [6.45, 7) is 0. The summed E-state index contributed by atoms with van der Waals surface area (Å²) in [4.78, 5) is 0. The van der Waals surface area contributed by atoms with Gasteiger partial charge in [-0.1, -0.05) is 66.5 Å². The molecule has 0 aromatic carbocycles. The second-order valence-corrected chi connectivity index (χ2v) is 43.5. The summed E-state index contributed by atoms with van der Waals surface area (Å²) in [6.07, 6.45) is -6.42. The Labute approximate surface area is 158 Å². The van der Waals surface area contributed by atoms with Crippen LogP contribution in [0, 0.1) is 0 Å². The number of halogens is 12. The first-order valence-corrected chi connectivity index (χ1v) is 23.9. The highest BCUT2D eigenvalue weighted by atomic mass is 35.9. The van der Waals surface area contributed by atoms with Crippen LogP contribution in [0.1, 0.15) is 0 Å². The van der Waals surface area contributed by atoms with E-state index in [4.69, 9.17) is 133 Å². The second-order valence-electron chi connectivity index (χ2n) is 1.99. The molecule has 0 rings (SSSR count). The van der Waals surface area contributed by atoms with Gasteiger partial charge in [0.2, 0.25) is 0 Å². The minimum atomic E-state index is -3.21. The molecule has 0 bridgehead atoms. The lowest BCUT2D eigenvalue weighted by Gasteiger charge is -2.13. The predicted molar refractivity (Wildman–Crippen MR) is 94.3 cm³/mol. The molecule has 0 unspecified atom stereocenters. The van der Waals surface area contributed by atoms with Crippen molar-refractivity contribution in [2.75, 3.05) is 0 Å². The Morgan fingerprint density at radius 3 is 0.588 bits per heavy atom. The fourth-order valence-electron chi connectivity index (χ4n) is 0.131. The zero-order chi connectivity index (χ0) is 14.7. The smallest absolute Gasteiger partial charge is 0.387 e. The average Bonchev–Trinajstić information content (AvgIpc) is 1.71. The van der Waals surface area contributed by atoms with Crippen LogP contribution < -0.4 is 0 Å². The number of rotatable bonds is 3. The van der Waals surface area contributed by atoms with E-state index in [0.717, 1.165) is 0 Å². The largest absolute Gasteiger partial charge is 0.485 e. The van der Waals surface area contributed by atoms with Crippen LogP contribution in [0.25, 0.3) is 0 Å². The normalized spacial score (nSPS) is 14.1. The monoisotopic (exact) mass is 548 g/mol. The Morgan fingerprint density at radius 2 is 0.588 bits per heavy atom. The summed E-state index contributed by atoms with van der Waals surface area (Å²) in [6, 6.07) is 0. The molecule has 0 atom stereocenters. The van der Waals surface area contributed by atoms with E-state index >= 15 is 0 Å². The summed E-state index contributed by atoms with van der Waals surface area (Å²) < 4.78 is 4.50. The second kappa shape index (κ2) is 8.81. The summed E-state index contributed by atoms with van der Waals surface area (Å²) in [7, 11) is 0. The Bertz CT molecular complexity index is 189. The quantitative estimate of drug-likeness (QED) is 0.280. The minimum Gasteiger partial charge on any atom is -0.387 e. The van der Waals surface area contributed by atoms with Crippen molar-refractivity contribution < 1.29 is 4.12 Å². The molecule has 0 saturated carbocycles. The van der Waals surface area contributed by atoms with E-state index in [1.165, 1.54) is 0 Å². The van der Waals surface area contributed by atoms with Gasteiger partial charge in [-0.2, -0.15) is 0 Å². The highest BCUT2D eigenvalue weighted by Gasteiger charge is 2.52. The molecule has 0 heterocycles. The van der Waals surface area contributed by atoms with Gasteiger partial charge in [0.15, 0.2) is 0 Å². The van der Waals surface area contributed by atoms with Crippen LogP contribution in [-0.4, -0.2) is 23.5 Å². The van der Waals surface area contributed by atoms with Gasteiger partial charge in [0, 0.05) is 0 Å². The molecule has 17 heavy (non-hydrogen) atoms. The summed E-state index contributed by atoms with van der Waals surface area (Å²) in [5.74, 6) is 0. The zero-order valence-electron chi connectivity index (χ0n) is 6.94. The lowest BCUT2D eigenvalue weighted by molar-refractivity contribution is 0.644. The van der Waals surface area contributed by atoms with Crippen molar-refractivity contribution in [2.45, 2.75) is 0 Å². The molecule has 0 amide bonds. The van der Waals surface area contributed by atoms with Crippen LogP contribution in [0.15, 0.2) is 0 Å². The topological polar surface area (TPSA) is 9.23 Å². The van der Waals surface area contributed by atoms with Crippen LogP contribution in [0.2, 0.25) is 0 Å². The SMILES string of the molecule is Cl[Si](Cl)(Cl)O[Si](Cl)(Cl)Cl.Cl[Si](Cl)(Cl)[Si](Cl)(Cl)Cl. The van der Waals surface area contributed by atoms with Gasteiger partial charge >= 0.3 is 23.5 Å². The predicted octanol–water partition coefficient (Wildman–Crippen LogP) is 6.68. The maximum atomic E-state index is 5.34. The molecule has 1 nitrogen and oxygen atoms in total. The van der Waals surface area contributed by atoms with Crippen LogP contribution >= 0.6 is 133 Å². The molecule has 0 N–H and O–H groups in total. The molecule has 17 heteroatoms. The van der Waals surface area contributed by atoms with Gasteiger partial charge in [-0.3, -0.25) is 0 Å². The highest BCUT2D eigenvalue weighted by Crippen LogP contribution is 2.39. The van der Waals surface area contributed by atoms with Gasteiger partial charge in [0.1, 0.15) is 0 Å². The molecule has 0 spiro atoms. The van der Waals surface area contributed by atoms with Crippen molar-refractivity contribution in [3.05, 3.63) is 0 Å². The molecule has 0 aromatic heterocycles. The zero-order valence-corrected chi connectivity index (χ0v) is 20.0. The summed E-state index contributed by atoms with van der Waals surface area (Å²) >= 11 is 63.5. The molecule has 0 aliphatic heterocycles. The van der Waals surface area contributed by atoms with Gasteiger partial charge < -0.3 is 4.12 Å². The fraction of sp³-hybridized carbons (Fsp3) is 0. The minimum absolute atomic E-state index is 3.01. The molecule has 0 radical (unpaired) electrons. The Hall–Kier alpha value is 4.31. The van der Waals surface area contributed by atoms with Crippen LogP contribution in [0.5, 0.6) is 0 Å². The van der Waals surface area contributed by atoms with Gasteiger partial charge in [-0.15, -0.1) is 66.5 Å². The maximum Gasteiger partial charge on any atom is 0.485 e. The lowest BCUT2D eigenvalue weighted by Crippen LogP contribution is -2.36. The van der Waals surface area contributed by atoms with Crippen LogP contribution in [0.3, 0.4) is 0 Å². The summed E-state index contributed by atoms with van der Waals surface area (Å²) in [5.41, 5.74) is -6.01. The first kappa shape index (κ1) is 23.6. The number of hydrogen-bond donors (Lipinski definition) is 0. The third-order valence-corrected chi connectivity index (χ3v) is 32.3. The summed E-state index contributed by atoms with van der Waals surface area (Å²) in [5, 5.41) is 0. The third-order valence-electron chi connectivity index (χ3n) is 0.553. The van der Waals surface area contributed by atoms with E-state index in [1.54, 1.807) is 0 Å². The molecular formula is Cl12OSi4. The first-order chi connectivity index (χ1) is 6.96. The Kier molecular flexibility index (Phi) is 12.2. The van der Waals surface area contributed by atoms with Gasteiger partial charge in [-0.05, 0) is 0 Å². The molecule has 106 valence electrons. The van der Waals surface area contributed by atoms with E-state index in [9.17, 15) is 0 Å². The van der Waals surface area contributed by atoms with Crippen molar-refractivity contribution in [1.29, 1.82) is 0 Å². The Morgan fingerprint density at radius 1 is 0.412 bits per heavy atom. The molecule has 0 aromatic rings. The average molecular weight is 554 g/mol. The molecule has 0 aliphatic carbocycles. The first-order valence-electron chi connectivity index (χ1n) is 2.93. The third kappa shape index (κ3) is 18.3. The van der Waals surface area contributed by atoms with Crippen LogP contribution in [0.4, 0.5) is 0 Å². The van der Waals surface area contributed by atoms with E-state index in [2.05, 4.69) is 4.12 Å². The highest BCUT2D eigenvalue weighted by molar-refractivity contribution is 8.10. The van der Waals surface area contributed by atoms with E-state index < -0.39 is 23.5 Å². The molecule has 0 aliphatic rings. The van der Waals surface area contributed by atoms with Crippen molar-refractivity contribution in [3.8, 4) is 0 Å². The maximum absolute atomic E-state index is 5.34. The fourth-order valence-corrected chi connectivity index (χ4v) is 10.6. The van der Waals surface area contributed by atoms with Gasteiger partial charge in [0.05, 0.1) is 0 Å². The standard InChI is InChI=1S/Cl6OSi2.Cl6Si2/c1-8(2,3)7-9(4,5)6;1-7(2,3)8(4,5)6. The van der Waals surface area contributed by atoms with Crippen molar-refractivity contribution in [3.63, 3.8) is 0 Å². The van der Waals surface area contributed by atoms with Crippen LogP contribution in [-0.2, 0) is 4.12 Å².